The summed E-state index contributed by atoms with van der Waals surface area (Å²) in [7, 11) is 0. The summed E-state index contributed by atoms with van der Waals surface area (Å²) in [5.74, 6) is 1.70. The van der Waals surface area contributed by atoms with Gasteiger partial charge in [0.1, 0.15) is 0 Å². The predicted octanol–water partition coefficient (Wildman–Crippen LogP) is 8.29. The average molecular weight is 327 g/mol. The van der Waals surface area contributed by atoms with E-state index in [0.717, 1.165) is 12.3 Å². The molecule has 0 aromatic carbocycles. The first-order chi connectivity index (χ1) is 10.6. The highest BCUT2D eigenvalue weighted by Crippen LogP contribution is 2.24. The van der Waals surface area contributed by atoms with Crippen molar-refractivity contribution in [2.45, 2.75) is 80.1 Å². The van der Waals surface area contributed by atoms with Crippen LogP contribution in [0.4, 0.5) is 4.70 Å². The maximum absolute atomic E-state index is 3.83. The summed E-state index contributed by atoms with van der Waals surface area (Å²) >= 11 is 0. The maximum atomic E-state index is 3.83. The van der Waals surface area contributed by atoms with E-state index in [-0.39, 0.29) is 4.70 Å². The molecule has 0 saturated heterocycles. The molecule has 0 unspecified atom stereocenters. The van der Waals surface area contributed by atoms with Gasteiger partial charge in [0.15, 0.2) is 0 Å². The minimum absolute atomic E-state index is 0. The van der Waals surface area contributed by atoms with Crippen molar-refractivity contribution in [3.8, 4) is 0 Å². The molecule has 0 aliphatic heterocycles. The Labute approximate surface area is 146 Å². The number of halogens is 1. The zero-order valence-electron chi connectivity index (χ0n) is 16.7. The van der Waals surface area contributed by atoms with E-state index in [1.807, 2.05) is 19.9 Å². The second-order valence-electron chi connectivity index (χ2n) is 5.69. The molecule has 1 aliphatic rings. The molecule has 0 aromatic heterocycles. The van der Waals surface area contributed by atoms with Crippen molar-refractivity contribution in [3.05, 3.63) is 49.6 Å². The lowest BCUT2D eigenvalue weighted by Gasteiger charge is -2.18. The third-order valence-electron chi connectivity index (χ3n) is 3.28. The van der Waals surface area contributed by atoms with Gasteiger partial charge in [0, 0.05) is 0 Å². The van der Waals surface area contributed by atoms with E-state index >= 15 is 0 Å². The van der Waals surface area contributed by atoms with Gasteiger partial charge in [-0.1, -0.05) is 90.3 Å². The van der Waals surface area contributed by atoms with Gasteiger partial charge < -0.3 is 0 Å². The van der Waals surface area contributed by atoms with Crippen LogP contribution in [0.1, 0.15) is 80.1 Å². The Bertz CT molecular complexity index is 270. The Balaban J connectivity index is -0.000000149. The minimum Gasteiger partial charge on any atom is -0.269 e. The van der Waals surface area contributed by atoms with Crippen LogP contribution in [0.25, 0.3) is 0 Å². The smallest absolute Gasteiger partial charge is 0.0279 e. The number of allylic oxidation sites excluding steroid dienone is 5. The van der Waals surface area contributed by atoms with Gasteiger partial charge in [-0.2, -0.15) is 0 Å². The fraction of sp³-hybridized carbons (Fsp3) is 0.636. The molecule has 1 rings (SSSR count). The number of rotatable bonds is 6. The maximum Gasteiger partial charge on any atom is -0.0279 e. The second-order valence-corrected chi connectivity index (χ2v) is 5.69. The van der Waals surface area contributed by atoms with Crippen molar-refractivity contribution >= 4 is 0 Å². The number of hydrogen-bond acceptors (Lipinski definition) is 0. The summed E-state index contributed by atoms with van der Waals surface area (Å²) in [6.45, 7) is 22.6. The quantitative estimate of drug-likeness (QED) is 0.261. The summed E-state index contributed by atoms with van der Waals surface area (Å²) in [4.78, 5) is 0. The van der Waals surface area contributed by atoms with E-state index in [0.29, 0.717) is 5.92 Å². The van der Waals surface area contributed by atoms with Gasteiger partial charge in [-0.25, -0.2) is 0 Å². The Morgan fingerprint density at radius 3 is 1.91 bits per heavy atom. The van der Waals surface area contributed by atoms with Crippen LogP contribution in [-0.2, 0) is 0 Å². The normalized spacial score (nSPS) is 13.3. The van der Waals surface area contributed by atoms with Gasteiger partial charge in [0.25, 0.3) is 0 Å². The van der Waals surface area contributed by atoms with Crippen LogP contribution in [0, 0.1) is 11.8 Å². The lowest BCUT2D eigenvalue weighted by atomic mass is 9.88. The zero-order chi connectivity index (χ0) is 17.8. The SMILES string of the molecule is C=C.C=CC(=CC(C)C)CCC/C=C/C.CC.CC1CCC1.F. The fourth-order valence-corrected chi connectivity index (χ4v) is 1.88. The summed E-state index contributed by atoms with van der Waals surface area (Å²) in [6, 6.07) is 0. The van der Waals surface area contributed by atoms with Crippen molar-refractivity contribution in [3.63, 3.8) is 0 Å². The molecule has 0 spiro atoms. The molecular weight excluding hydrogens is 283 g/mol. The third-order valence-corrected chi connectivity index (χ3v) is 3.28. The average Bonchev–Trinajstić information content (AvgIpc) is 2.52. The Morgan fingerprint density at radius 1 is 1.17 bits per heavy atom. The largest absolute Gasteiger partial charge is 0.269 e. The molecule has 0 amide bonds. The van der Waals surface area contributed by atoms with Gasteiger partial charge in [0.05, 0.1) is 0 Å². The van der Waals surface area contributed by atoms with Gasteiger partial charge in [0.2, 0.25) is 0 Å². The first-order valence-electron chi connectivity index (χ1n) is 9.04. The van der Waals surface area contributed by atoms with E-state index in [1.165, 1.54) is 37.7 Å². The van der Waals surface area contributed by atoms with Gasteiger partial charge in [-0.15, -0.1) is 13.2 Å². The van der Waals surface area contributed by atoms with Gasteiger partial charge in [-0.3, -0.25) is 4.70 Å². The molecule has 0 radical (unpaired) electrons. The molecule has 1 fully saturated rings. The molecule has 0 atom stereocenters. The van der Waals surface area contributed by atoms with Crippen molar-refractivity contribution in [1.82, 2.24) is 0 Å². The molecule has 1 heteroatoms. The van der Waals surface area contributed by atoms with Gasteiger partial charge >= 0.3 is 0 Å². The summed E-state index contributed by atoms with van der Waals surface area (Å²) < 4.78 is 0. The zero-order valence-corrected chi connectivity index (χ0v) is 16.7. The first-order valence-corrected chi connectivity index (χ1v) is 9.04. The van der Waals surface area contributed by atoms with E-state index in [2.05, 4.69) is 65.7 Å². The summed E-state index contributed by atoms with van der Waals surface area (Å²) in [5.41, 5.74) is 1.39. The van der Waals surface area contributed by atoms with Crippen molar-refractivity contribution in [1.29, 1.82) is 0 Å². The Morgan fingerprint density at radius 2 is 1.65 bits per heavy atom. The van der Waals surface area contributed by atoms with E-state index in [4.69, 9.17) is 0 Å². The number of hydrogen-bond donors (Lipinski definition) is 0. The topological polar surface area (TPSA) is 0 Å². The molecule has 1 saturated carbocycles. The molecule has 1 aliphatic carbocycles. The molecule has 23 heavy (non-hydrogen) atoms. The highest BCUT2D eigenvalue weighted by atomic mass is 19.0. The Kier molecular flexibility index (Phi) is 33.5. The summed E-state index contributed by atoms with van der Waals surface area (Å²) in [6.07, 6.45) is 16.6. The van der Waals surface area contributed by atoms with Crippen molar-refractivity contribution < 1.29 is 4.70 Å². The van der Waals surface area contributed by atoms with Crippen LogP contribution in [-0.4, -0.2) is 0 Å². The lowest BCUT2D eigenvalue weighted by Crippen LogP contribution is -2.04. The highest BCUT2D eigenvalue weighted by Gasteiger charge is 2.09. The van der Waals surface area contributed by atoms with E-state index in [1.54, 1.807) is 0 Å². The van der Waals surface area contributed by atoms with E-state index in [9.17, 15) is 0 Å². The minimum atomic E-state index is 0. The lowest BCUT2D eigenvalue weighted by molar-refractivity contribution is 0.346. The van der Waals surface area contributed by atoms with Crippen molar-refractivity contribution in [2.24, 2.45) is 11.8 Å². The molecule has 138 valence electrons. The first kappa shape index (κ1) is 29.8. The van der Waals surface area contributed by atoms with Gasteiger partial charge in [-0.05, 0) is 38.0 Å². The molecule has 0 heterocycles. The fourth-order valence-electron chi connectivity index (χ4n) is 1.88. The monoisotopic (exact) mass is 326 g/mol. The second kappa shape index (κ2) is 25.8. The molecular formula is C22H43F. The van der Waals surface area contributed by atoms with Crippen LogP contribution in [0.5, 0.6) is 0 Å². The summed E-state index contributed by atoms with van der Waals surface area (Å²) in [5, 5.41) is 0. The standard InChI is InChI=1S/C13H22.C5H10.C2H6.C2H4.FH/c1-5-7-8-9-10-13(6-2)11-12(3)4;1-5-3-2-4-5;2*1-2;/h5-7,11-12H,2,8-10H2,1,3-4H3;5H,2-4H2,1H3;1-2H3;1-2H2;1H/b7-5+,13-11?;;;;. The molecule has 0 nitrogen and oxygen atoms in total. The molecule has 0 aromatic rings. The van der Waals surface area contributed by atoms with Crippen LogP contribution in [0.3, 0.4) is 0 Å². The van der Waals surface area contributed by atoms with Crippen LogP contribution >= 0.6 is 0 Å². The molecule has 0 bridgehead atoms. The predicted molar refractivity (Wildman–Crippen MR) is 110 cm³/mol. The van der Waals surface area contributed by atoms with E-state index < -0.39 is 0 Å². The van der Waals surface area contributed by atoms with Crippen LogP contribution < -0.4 is 0 Å². The van der Waals surface area contributed by atoms with Crippen LogP contribution in [0.2, 0.25) is 0 Å². The third kappa shape index (κ3) is 26.1. The molecule has 0 N–H and O–H groups in total. The Hall–Kier alpha value is -1.11. The highest BCUT2D eigenvalue weighted by molar-refractivity contribution is 5.16. The number of unbranched alkanes of at least 4 members (excludes halogenated alkanes) is 1. The van der Waals surface area contributed by atoms with Crippen molar-refractivity contribution in [2.75, 3.05) is 0 Å². The van der Waals surface area contributed by atoms with Crippen LogP contribution in [0.15, 0.2) is 49.6 Å².